The van der Waals surface area contributed by atoms with Crippen molar-refractivity contribution in [3.8, 4) is 23.0 Å². The van der Waals surface area contributed by atoms with Crippen molar-refractivity contribution < 1.29 is 57.8 Å². The number of carbonyl (C=O) groups is 2. The summed E-state index contributed by atoms with van der Waals surface area (Å²) in [5.74, 6) is -0.593. The molecule has 8 rings (SSSR count). The summed E-state index contributed by atoms with van der Waals surface area (Å²) in [5, 5.41) is 27.5. The zero-order valence-electron chi connectivity index (χ0n) is 39.2. The standard InChI is InChI=1S/C54H63N3O12/c1-3-26-67-54-49(57(34-39-20-22-47-48(29-39)66-36-65-47)53(61)64-28-27-63-35-38-16-8-5-9-17-38)32-45(56-62-2)43-30-40(18-10-12-24-58)42(19-11-13-25-59)50(51(43)54)44-31-41(21-23-46(44)69-54)68-52(60)55-33-37-14-6-4-7-15-37/h3-9,14-17,20-23,29-31,40,42,49-51,58-59H,1,10-13,18-19,24-28,32-36H2,2H3,(H,55,60). The topological polar surface area (TPSA) is 176 Å². The molecule has 366 valence electrons. The van der Waals surface area contributed by atoms with Gasteiger partial charge >= 0.3 is 12.2 Å². The highest BCUT2D eigenvalue weighted by atomic mass is 16.7. The number of aliphatic hydroxyl groups excluding tert-OH is 2. The smallest absolute Gasteiger partial charge is 0.412 e. The normalized spacial score (nSPS) is 22.3. The minimum Gasteiger partial charge on any atom is -0.459 e. The summed E-state index contributed by atoms with van der Waals surface area (Å²) < 4.78 is 43.9. The molecule has 0 aromatic heterocycles. The number of amides is 2. The van der Waals surface area contributed by atoms with Crippen LogP contribution in [0.3, 0.4) is 0 Å². The zero-order chi connectivity index (χ0) is 48.0. The average molecular weight is 946 g/mol. The van der Waals surface area contributed by atoms with Crippen molar-refractivity contribution in [2.24, 2.45) is 22.9 Å². The van der Waals surface area contributed by atoms with Crippen LogP contribution >= 0.6 is 0 Å². The molecule has 3 N–H and O–H groups in total. The lowest BCUT2D eigenvalue weighted by Gasteiger charge is -2.59. The minimum absolute atomic E-state index is 0.00233. The van der Waals surface area contributed by atoms with Gasteiger partial charge in [-0.15, -0.1) is 6.58 Å². The highest BCUT2D eigenvalue weighted by molar-refractivity contribution is 6.03. The Labute approximate surface area is 403 Å². The molecule has 1 fully saturated rings. The number of allylic oxidation sites excluding steroid dienone is 1. The number of oxime groups is 1. The Morgan fingerprint density at radius 2 is 1.61 bits per heavy atom. The van der Waals surface area contributed by atoms with Crippen LogP contribution in [0.5, 0.6) is 23.0 Å². The fourth-order valence-corrected chi connectivity index (χ4v) is 10.3. The Bertz CT molecular complexity index is 2410. The van der Waals surface area contributed by atoms with E-state index in [1.165, 1.54) is 7.11 Å². The van der Waals surface area contributed by atoms with Crippen LogP contribution in [0.15, 0.2) is 127 Å². The average Bonchev–Trinajstić information content (AvgIpc) is 3.85. The molecule has 1 saturated carbocycles. The van der Waals surface area contributed by atoms with E-state index < -0.39 is 29.9 Å². The number of hydrogen-bond acceptors (Lipinski definition) is 13. The quantitative estimate of drug-likeness (QED) is 0.0367. The molecule has 4 aliphatic rings. The van der Waals surface area contributed by atoms with Gasteiger partial charge in [-0.05, 0) is 90.1 Å². The monoisotopic (exact) mass is 945 g/mol. The summed E-state index contributed by atoms with van der Waals surface area (Å²) >= 11 is 0. The number of ether oxygens (including phenoxy) is 7. The van der Waals surface area contributed by atoms with Gasteiger partial charge in [0.2, 0.25) is 12.6 Å². The van der Waals surface area contributed by atoms with Crippen molar-refractivity contribution in [1.82, 2.24) is 10.2 Å². The number of fused-ring (bicyclic) bond motifs is 3. The fraction of sp³-hybridized carbons (Fsp3) is 0.426. The number of carbonyl (C=O) groups excluding carboxylic acids is 2. The third-order valence-electron chi connectivity index (χ3n) is 13.3. The van der Waals surface area contributed by atoms with Crippen LogP contribution in [0.4, 0.5) is 9.59 Å². The molecule has 6 atom stereocenters. The second-order valence-corrected chi connectivity index (χ2v) is 17.7. The predicted octanol–water partition coefficient (Wildman–Crippen LogP) is 8.82. The summed E-state index contributed by atoms with van der Waals surface area (Å²) in [5.41, 5.74) is 4.95. The number of benzene rings is 4. The molecule has 0 bridgehead atoms. The van der Waals surface area contributed by atoms with E-state index in [-0.39, 0.29) is 77.1 Å². The number of hydrogen-bond donors (Lipinski definition) is 3. The van der Waals surface area contributed by atoms with Crippen LogP contribution in [0, 0.1) is 17.8 Å². The van der Waals surface area contributed by atoms with Gasteiger partial charge < -0.3 is 53.5 Å². The lowest BCUT2D eigenvalue weighted by Crippen LogP contribution is -2.70. The van der Waals surface area contributed by atoms with Crippen LogP contribution in [-0.4, -0.2) is 91.8 Å². The van der Waals surface area contributed by atoms with Crippen molar-refractivity contribution in [1.29, 1.82) is 0 Å². The molecule has 0 saturated heterocycles. The minimum atomic E-state index is -1.57. The van der Waals surface area contributed by atoms with Crippen LogP contribution in [0.1, 0.15) is 73.1 Å². The Morgan fingerprint density at radius 1 is 0.870 bits per heavy atom. The first-order valence-electron chi connectivity index (χ1n) is 23.9. The van der Waals surface area contributed by atoms with Gasteiger partial charge in [0.25, 0.3) is 0 Å². The van der Waals surface area contributed by atoms with E-state index in [9.17, 15) is 19.8 Å². The molecule has 6 unspecified atom stereocenters. The molecule has 0 radical (unpaired) electrons. The van der Waals surface area contributed by atoms with Crippen molar-refractivity contribution in [2.45, 2.75) is 82.4 Å². The molecule has 2 aliphatic heterocycles. The molecule has 2 aliphatic carbocycles. The van der Waals surface area contributed by atoms with Gasteiger partial charge in [0.05, 0.1) is 31.5 Å². The maximum atomic E-state index is 15.0. The fourth-order valence-electron chi connectivity index (χ4n) is 10.3. The molecule has 4 aromatic rings. The lowest BCUT2D eigenvalue weighted by molar-refractivity contribution is -0.256. The number of unbranched alkanes of at least 4 members (excludes halogenated alkanes) is 2. The van der Waals surface area contributed by atoms with E-state index in [1.807, 2.05) is 84.9 Å². The van der Waals surface area contributed by atoms with E-state index in [1.54, 1.807) is 23.1 Å². The second-order valence-electron chi connectivity index (χ2n) is 17.7. The molecule has 69 heavy (non-hydrogen) atoms. The first-order chi connectivity index (χ1) is 33.8. The maximum absolute atomic E-state index is 15.0. The van der Waals surface area contributed by atoms with Gasteiger partial charge in [-0.1, -0.05) is 96.9 Å². The number of aliphatic hydroxyl groups is 2. The lowest BCUT2D eigenvalue weighted by atomic mass is 9.55. The van der Waals surface area contributed by atoms with E-state index in [4.69, 9.17) is 38.0 Å². The summed E-state index contributed by atoms with van der Waals surface area (Å²) in [7, 11) is 1.50. The molecule has 0 spiro atoms. The van der Waals surface area contributed by atoms with Crippen LogP contribution < -0.4 is 24.3 Å². The molecular weight excluding hydrogens is 883 g/mol. The molecule has 15 heteroatoms. The number of rotatable bonds is 23. The Hall–Kier alpha value is -6.39. The first-order valence-corrected chi connectivity index (χ1v) is 23.9. The molecule has 2 heterocycles. The molecule has 2 amide bonds. The van der Waals surface area contributed by atoms with Crippen LogP contribution in [0.2, 0.25) is 0 Å². The summed E-state index contributed by atoms with van der Waals surface area (Å²) in [6.45, 7) is 5.13. The van der Waals surface area contributed by atoms with Gasteiger partial charge in [-0.25, -0.2) is 9.59 Å². The second kappa shape index (κ2) is 23.8. The predicted molar refractivity (Wildman–Crippen MR) is 257 cm³/mol. The van der Waals surface area contributed by atoms with Crippen molar-refractivity contribution in [3.63, 3.8) is 0 Å². The highest BCUT2D eigenvalue weighted by Crippen LogP contribution is 2.62. The number of nitrogens with zero attached hydrogens (tertiary/aromatic N) is 2. The van der Waals surface area contributed by atoms with Crippen LogP contribution in [-0.2, 0) is 38.7 Å². The number of nitrogens with one attached hydrogen (secondary N) is 1. The van der Waals surface area contributed by atoms with Crippen molar-refractivity contribution in [3.05, 3.63) is 144 Å². The van der Waals surface area contributed by atoms with Crippen molar-refractivity contribution >= 4 is 17.9 Å². The third kappa shape index (κ3) is 11.6. The Morgan fingerprint density at radius 3 is 2.36 bits per heavy atom. The van der Waals surface area contributed by atoms with Crippen molar-refractivity contribution in [2.75, 3.05) is 46.9 Å². The largest absolute Gasteiger partial charge is 0.459 e. The van der Waals surface area contributed by atoms with Gasteiger partial charge in [0.15, 0.2) is 11.5 Å². The van der Waals surface area contributed by atoms with Gasteiger partial charge in [0, 0.05) is 44.2 Å². The Balaban J connectivity index is 1.22. The van der Waals surface area contributed by atoms with E-state index in [0.717, 1.165) is 53.5 Å². The van der Waals surface area contributed by atoms with Gasteiger partial charge in [-0.2, -0.15) is 0 Å². The van der Waals surface area contributed by atoms with E-state index in [2.05, 4.69) is 23.1 Å². The summed E-state index contributed by atoms with van der Waals surface area (Å²) in [6.07, 6.45) is 7.08. The highest BCUT2D eigenvalue weighted by Gasteiger charge is 2.65. The van der Waals surface area contributed by atoms with Gasteiger partial charge in [0.1, 0.15) is 31.3 Å². The zero-order valence-corrected chi connectivity index (χ0v) is 39.2. The maximum Gasteiger partial charge on any atom is 0.412 e. The summed E-state index contributed by atoms with van der Waals surface area (Å²) in [6, 6.07) is 29.4. The third-order valence-corrected chi connectivity index (χ3v) is 13.3. The van der Waals surface area contributed by atoms with E-state index >= 15 is 0 Å². The van der Waals surface area contributed by atoms with Gasteiger partial charge in [-0.3, -0.25) is 4.90 Å². The molecule has 15 nitrogen and oxygen atoms in total. The Kier molecular flexibility index (Phi) is 16.9. The summed E-state index contributed by atoms with van der Waals surface area (Å²) in [4.78, 5) is 35.6. The van der Waals surface area contributed by atoms with Crippen LogP contribution in [0.25, 0.3) is 0 Å². The molecular formula is C54H63N3O12. The molecule has 4 aromatic carbocycles. The first kappa shape index (κ1) is 49.0. The SMILES string of the molecule is C=CCOC12Oc3ccc(OC(=O)NCc4ccccc4)cc3C3C(CCCCO)C(CCCCO)C=C(C(=NOC)CC1N(Cc1ccc4c(c1)OCO4)C(=O)OCCOCc1ccccc1)C32. The van der Waals surface area contributed by atoms with E-state index in [0.29, 0.717) is 48.2 Å².